The van der Waals surface area contributed by atoms with Crippen LogP contribution in [-0.4, -0.2) is 32.2 Å². The Kier molecular flexibility index (Phi) is 4.97. The molecule has 2 heterocycles. The zero-order chi connectivity index (χ0) is 19.4. The number of hydrogen-bond acceptors (Lipinski definition) is 7. The summed E-state index contributed by atoms with van der Waals surface area (Å²) in [6.07, 6.45) is 3.92. The second kappa shape index (κ2) is 7.52. The number of rotatable bonds is 5. The van der Waals surface area contributed by atoms with Gasteiger partial charge >= 0.3 is 0 Å². The second-order valence-electron chi connectivity index (χ2n) is 5.28. The topological polar surface area (TPSA) is 122 Å². The lowest BCUT2D eigenvalue weighted by atomic mass is 10.1. The van der Waals surface area contributed by atoms with Crippen LogP contribution < -0.4 is 16.1 Å². The van der Waals surface area contributed by atoms with Crippen molar-refractivity contribution in [3.05, 3.63) is 49.1 Å². The predicted octanol–water partition coefficient (Wildman–Crippen LogP) is 2.04. The fourth-order valence-electron chi connectivity index (χ4n) is 2.29. The number of carbonyl (C=O) groups excluding carboxylic acids is 1. The lowest BCUT2D eigenvalue weighted by Crippen LogP contribution is -2.16. The number of benzene rings is 1. The number of carbonyl (C=O) groups is 1. The molecule has 0 saturated carbocycles. The highest BCUT2D eigenvalue weighted by Gasteiger charge is 2.16. The molecule has 0 aliphatic carbocycles. The van der Waals surface area contributed by atoms with Gasteiger partial charge in [-0.3, -0.25) is 10.1 Å². The average Bonchev–Trinajstić information content (AvgIpc) is 2.65. The monoisotopic (exact) mass is 366 g/mol. The van der Waals surface area contributed by atoms with Crippen molar-refractivity contribution in [2.75, 3.05) is 10.3 Å². The summed E-state index contributed by atoms with van der Waals surface area (Å²) in [5.41, 5.74) is 7.06. The van der Waals surface area contributed by atoms with Gasteiger partial charge in [-0.25, -0.2) is 19.4 Å². The fraction of sp³-hybridized carbons (Fsp3) is 0.0588. The van der Waals surface area contributed by atoms with Crippen LogP contribution in [0.15, 0.2) is 48.3 Å². The fourth-order valence-corrected chi connectivity index (χ4v) is 2.29. The first-order chi connectivity index (χ1) is 13.0. The Hall–Kier alpha value is -3.95. The van der Waals surface area contributed by atoms with Gasteiger partial charge in [0.05, 0.1) is 11.9 Å². The highest BCUT2D eigenvalue weighted by atomic mass is 19.1. The maximum absolute atomic E-state index is 13.2. The Labute approximate surface area is 153 Å². The van der Waals surface area contributed by atoms with Crippen LogP contribution in [0.3, 0.4) is 0 Å². The standard InChI is InChI=1S/C17H15FN8O/c1-3-26(21-9-19)16-14-15(24-17(25-16)22-10(2)27)20-8-13(23-14)11-4-6-12(18)7-5-11/h3-9H,1H2,2H3,(H2,19,21)(H,20,22,24,25,27). The van der Waals surface area contributed by atoms with Crippen LogP contribution in [0.1, 0.15) is 6.92 Å². The van der Waals surface area contributed by atoms with E-state index in [0.717, 1.165) is 6.34 Å². The molecule has 1 amide bonds. The van der Waals surface area contributed by atoms with E-state index in [0.29, 0.717) is 16.8 Å². The van der Waals surface area contributed by atoms with Crippen molar-refractivity contribution in [1.82, 2.24) is 19.9 Å². The number of hydrazone groups is 1. The maximum atomic E-state index is 13.2. The molecule has 10 heteroatoms. The molecule has 3 N–H and O–H groups in total. The molecule has 0 saturated heterocycles. The summed E-state index contributed by atoms with van der Waals surface area (Å²) in [6, 6.07) is 5.82. The van der Waals surface area contributed by atoms with E-state index < -0.39 is 0 Å². The summed E-state index contributed by atoms with van der Waals surface area (Å²) in [5.74, 6) is -0.444. The van der Waals surface area contributed by atoms with Crippen molar-refractivity contribution >= 4 is 35.2 Å². The SMILES string of the molecule is C=CN(/N=C\N)c1nc(NC(C)=O)nc2ncc(-c3ccc(F)cc3)nc12. The van der Waals surface area contributed by atoms with Crippen molar-refractivity contribution < 1.29 is 9.18 Å². The van der Waals surface area contributed by atoms with Gasteiger partial charge in [0.1, 0.15) is 12.2 Å². The van der Waals surface area contributed by atoms with Gasteiger partial charge < -0.3 is 5.73 Å². The molecule has 0 unspecified atom stereocenters. The summed E-state index contributed by atoms with van der Waals surface area (Å²) in [5, 5.41) is 7.72. The van der Waals surface area contributed by atoms with E-state index in [1.54, 1.807) is 12.1 Å². The van der Waals surface area contributed by atoms with Crippen LogP contribution in [0.25, 0.3) is 22.4 Å². The van der Waals surface area contributed by atoms with Crippen molar-refractivity contribution in [1.29, 1.82) is 0 Å². The number of fused-ring (bicyclic) bond motifs is 1. The normalized spacial score (nSPS) is 10.9. The Morgan fingerprint density at radius 2 is 2.04 bits per heavy atom. The van der Waals surface area contributed by atoms with Gasteiger partial charge in [0.25, 0.3) is 0 Å². The molecular formula is C17H15FN8O. The number of nitrogens with one attached hydrogen (secondary N) is 1. The largest absolute Gasteiger partial charge is 0.388 e. The molecular weight excluding hydrogens is 351 g/mol. The van der Waals surface area contributed by atoms with E-state index in [9.17, 15) is 9.18 Å². The zero-order valence-corrected chi connectivity index (χ0v) is 14.3. The smallest absolute Gasteiger partial charge is 0.233 e. The number of aromatic nitrogens is 4. The summed E-state index contributed by atoms with van der Waals surface area (Å²) >= 11 is 0. The van der Waals surface area contributed by atoms with E-state index in [1.165, 1.54) is 36.5 Å². The summed E-state index contributed by atoms with van der Waals surface area (Å²) in [4.78, 5) is 28.6. The van der Waals surface area contributed by atoms with E-state index in [4.69, 9.17) is 5.73 Å². The van der Waals surface area contributed by atoms with E-state index >= 15 is 0 Å². The molecule has 27 heavy (non-hydrogen) atoms. The molecule has 0 atom stereocenters. The van der Waals surface area contributed by atoms with Gasteiger partial charge in [0.2, 0.25) is 11.9 Å². The van der Waals surface area contributed by atoms with E-state index in [1.807, 2.05) is 0 Å². The zero-order valence-electron chi connectivity index (χ0n) is 14.3. The Bertz CT molecular complexity index is 1040. The first kappa shape index (κ1) is 17.9. The van der Waals surface area contributed by atoms with E-state index in [-0.39, 0.29) is 29.1 Å². The number of amides is 1. The van der Waals surface area contributed by atoms with Crippen molar-refractivity contribution in [2.45, 2.75) is 6.92 Å². The van der Waals surface area contributed by atoms with Crippen LogP contribution in [0, 0.1) is 5.82 Å². The van der Waals surface area contributed by atoms with Crippen LogP contribution >= 0.6 is 0 Å². The first-order valence-corrected chi connectivity index (χ1v) is 7.76. The Morgan fingerprint density at radius 3 is 2.67 bits per heavy atom. The van der Waals surface area contributed by atoms with Crippen LogP contribution in [0.5, 0.6) is 0 Å². The summed E-state index contributed by atoms with van der Waals surface area (Å²) in [6.45, 7) is 5.00. The highest BCUT2D eigenvalue weighted by Crippen LogP contribution is 2.26. The molecule has 0 aliphatic rings. The molecule has 9 nitrogen and oxygen atoms in total. The highest BCUT2D eigenvalue weighted by molar-refractivity contribution is 5.91. The third-order valence-electron chi connectivity index (χ3n) is 3.40. The quantitative estimate of drug-likeness (QED) is 0.402. The third-order valence-corrected chi connectivity index (χ3v) is 3.40. The molecule has 3 rings (SSSR count). The molecule has 1 aromatic carbocycles. The van der Waals surface area contributed by atoms with Crippen molar-refractivity contribution in [3.63, 3.8) is 0 Å². The number of halogens is 1. The van der Waals surface area contributed by atoms with E-state index in [2.05, 4.69) is 36.9 Å². The number of nitrogens with zero attached hydrogens (tertiary/aromatic N) is 6. The van der Waals surface area contributed by atoms with Crippen LogP contribution in [-0.2, 0) is 4.79 Å². The second-order valence-corrected chi connectivity index (χ2v) is 5.28. The van der Waals surface area contributed by atoms with Gasteiger partial charge in [0, 0.05) is 18.7 Å². The van der Waals surface area contributed by atoms with Crippen molar-refractivity contribution in [3.8, 4) is 11.3 Å². The number of nitrogens with two attached hydrogens (primary N) is 1. The molecule has 0 radical (unpaired) electrons. The molecule has 2 aromatic heterocycles. The molecule has 3 aromatic rings. The van der Waals surface area contributed by atoms with Crippen LogP contribution in [0.2, 0.25) is 0 Å². The summed E-state index contributed by atoms with van der Waals surface area (Å²) < 4.78 is 13.2. The molecule has 136 valence electrons. The first-order valence-electron chi connectivity index (χ1n) is 7.76. The minimum atomic E-state index is -0.355. The number of hydrogen-bond donors (Lipinski definition) is 2. The lowest BCUT2D eigenvalue weighted by molar-refractivity contribution is -0.114. The molecule has 0 aliphatic heterocycles. The van der Waals surface area contributed by atoms with Crippen molar-refractivity contribution in [2.24, 2.45) is 10.8 Å². The Morgan fingerprint density at radius 1 is 1.30 bits per heavy atom. The van der Waals surface area contributed by atoms with Gasteiger partial charge in [-0.15, -0.1) is 0 Å². The summed E-state index contributed by atoms with van der Waals surface area (Å²) in [7, 11) is 0. The van der Waals surface area contributed by atoms with Gasteiger partial charge in [0.15, 0.2) is 17.0 Å². The lowest BCUT2D eigenvalue weighted by Gasteiger charge is -2.15. The third kappa shape index (κ3) is 3.84. The minimum Gasteiger partial charge on any atom is -0.388 e. The average molecular weight is 366 g/mol. The molecule has 0 bridgehead atoms. The van der Waals surface area contributed by atoms with Gasteiger partial charge in [-0.05, 0) is 24.3 Å². The number of anilines is 2. The maximum Gasteiger partial charge on any atom is 0.233 e. The Balaban J connectivity index is 2.22. The van der Waals surface area contributed by atoms with Gasteiger partial charge in [-0.2, -0.15) is 15.1 Å². The predicted molar refractivity (Wildman–Crippen MR) is 100 cm³/mol. The minimum absolute atomic E-state index is 0.0351. The molecule has 0 fully saturated rings. The molecule has 0 spiro atoms. The van der Waals surface area contributed by atoms with Gasteiger partial charge in [-0.1, -0.05) is 6.58 Å². The van der Waals surface area contributed by atoms with Crippen LogP contribution in [0.4, 0.5) is 16.2 Å².